The summed E-state index contributed by atoms with van der Waals surface area (Å²) in [6, 6.07) is 21.3. The highest BCUT2D eigenvalue weighted by Gasteiger charge is 2.19. The molecule has 0 bridgehead atoms. The molecule has 8 nitrogen and oxygen atoms in total. The van der Waals surface area contributed by atoms with Crippen molar-refractivity contribution >= 4 is 17.3 Å². The van der Waals surface area contributed by atoms with E-state index in [0.717, 1.165) is 11.1 Å². The van der Waals surface area contributed by atoms with Crippen LogP contribution in [0, 0.1) is 11.3 Å². The average Bonchev–Trinajstić information content (AvgIpc) is 3.23. The highest BCUT2D eigenvalue weighted by atomic mass is 15.4. The smallest absolute Gasteiger partial charge is 0.191 e. The highest BCUT2D eigenvalue weighted by molar-refractivity contribution is 5.80. The molecule has 2 heterocycles. The average molecular weight is 382 g/mol. The number of aryl methyl sites for hydroxylation is 2. The van der Waals surface area contributed by atoms with Crippen LogP contribution in [0.25, 0.3) is 22.5 Å². The molecule has 0 aliphatic rings. The lowest BCUT2D eigenvalue weighted by atomic mass is 10.1. The zero-order chi connectivity index (χ0) is 20.4. The highest BCUT2D eigenvalue weighted by Crippen LogP contribution is 2.36. The quantitative estimate of drug-likeness (QED) is 0.529. The molecule has 0 aliphatic heterocycles. The van der Waals surface area contributed by atoms with Crippen molar-refractivity contribution in [1.82, 2.24) is 19.6 Å². The van der Waals surface area contributed by atoms with Crippen LogP contribution >= 0.6 is 0 Å². The predicted molar refractivity (Wildman–Crippen MR) is 111 cm³/mol. The minimum atomic E-state index is 0.353. The Morgan fingerprint density at radius 2 is 1.38 bits per heavy atom. The minimum absolute atomic E-state index is 0.353. The summed E-state index contributed by atoms with van der Waals surface area (Å²) in [5.41, 5.74) is 9.88. The number of anilines is 1. The van der Waals surface area contributed by atoms with Gasteiger partial charge in [0.1, 0.15) is 28.8 Å². The lowest BCUT2D eigenvalue weighted by molar-refractivity contribution is 0.767. The Bertz CT molecular complexity index is 1230. The summed E-state index contributed by atoms with van der Waals surface area (Å²) >= 11 is 0. The largest absolute Gasteiger partial charge is 0.382 e. The van der Waals surface area contributed by atoms with E-state index in [-0.39, 0.29) is 0 Å². The molecule has 0 saturated carbocycles. The molecule has 0 amide bonds. The second-order valence-electron chi connectivity index (χ2n) is 6.42. The molecular formula is C21H18N8. The number of rotatable bonds is 4. The second-order valence-corrected chi connectivity index (χ2v) is 6.42. The van der Waals surface area contributed by atoms with Crippen molar-refractivity contribution in [2.75, 3.05) is 5.73 Å². The SMILES string of the molecule is Cn1nc(-c2ccccc2)c(N=Nc2c(C#N)c(-c3ccccc3)nn2C)c1N. The molecule has 2 N–H and O–H groups in total. The number of benzene rings is 2. The van der Waals surface area contributed by atoms with E-state index >= 15 is 0 Å². The first-order valence-corrected chi connectivity index (χ1v) is 8.92. The second kappa shape index (κ2) is 7.40. The number of nitrogens with zero attached hydrogens (tertiary/aromatic N) is 7. The summed E-state index contributed by atoms with van der Waals surface area (Å²) in [5.74, 6) is 0.741. The molecule has 0 radical (unpaired) electrons. The topological polar surface area (TPSA) is 110 Å². The Hall–Kier alpha value is -4.25. The van der Waals surface area contributed by atoms with Crippen LogP contribution in [0.3, 0.4) is 0 Å². The van der Waals surface area contributed by atoms with Gasteiger partial charge in [-0.3, -0.25) is 4.68 Å². The Balaban J connectivity index is 1.81. The number of hydrogen-bond acceptors (Lipinski definition) is 6. The van der Waals surface area contributed by atoms with Gasteiger partial charge in [0.15, 0.2) is 11.5 Å². The monoisotopic (exact) mass is 382 g/mol. The first kappa shape index (κ1) is 18.1. The summed E-state index contributed by atoms with van der Waals surface area (Å²) in [4.78, 5) is 0. The van der Waals surface area contributed by atoms with Gasteiger partial charge in [0.05, 0.1) is 0 Å². The van der Waals surface area contributed by atoms with Gasteiger partial charge in [-0.15, -0.1) is 10.2 Å². The van der Waals surface area contributed by atoms with E-state index in [1.165, 1.54) is 0 Å². The van der Waals surface area contributed by atoms with Gasteiger partial charge in [-0.1, -0.05) is 60.7 Å². The van der Waals surface area contributed by atoms with Crippen molar-refractivity contribution in [3.63, 3.8) is 0 Å². The van der Waals surface area contributed by atoms with E-state index in [2.05, 4.69) is 26.5 Å². The lowest BCUT2D eigenvalue weighted by Crippen LogP contribution is -1.96. The molecule has 2 aromatic heterocycles. The predicted octanol–water partition coefficient (Wildman–Crippen LogP) is 4.36. The minimum Gasteiger partial charge on any atom is -0.382 e. The van der Waals surface area contributed by atoms with Gasteiger partial charge in [-0.05, 0) is 0 Å². The normalized spacial score (nSPS) is 11.1. The molecule has 2 aromatic carbocycles. The number of aromatic nitrogens is 4. The van der Waals surface area contributed by atoms with E-state index in [1.807, 2.05) is 60.7 Å². The maximum absolute atomic E-state index is 9.72. The fraction of sp³-hybridized carbons (Fsp3) is 0.0952. The van der Waals surface area contributed by atoms with E-state index in [4.69, 9.17) is 5.73 Å². The zero-order valence-electron chi connectivity index (χ0n) is 16.0. The van der Waals surface area contributed by atoms with Gasteiger partial charge in [0, 0.05) is 25.2 Å². The van der Waals surface area contributed by atoms with Crippen LogP contribution in [-0.2, 0) is 14.1 Å². The van der Waals surface area contributed by atoms with Crippen LogP contribution in [0.5, 0.6) is 0 Å². The van der Waals surface area contributed by atoms with Crippen molar-refractivity contribution in [3.8, 4) is 28.6 Å². The lowest BCUT2D eigenvalue weighted by Gasteiger charge is -1.98. The third kappa shape index (κ3) is 3.26. The van der Waals surface area contributed by atoms with Crippen LogP contribution in [0.15, 0.2) is 70.9 Å². The molecule has 8 heteroatoms. The van der Waals surface area contributed by atoms with Crippen molar-refractivity contribution in [1.29, 1.82) is 5.26 Å². The van der Waals surface area contributed by atoms with Gasteiger partial charge >= 0.3 is 0 Å². The first-order chi connectivity index (χ1) is 14.1. The molecule has 0 fully saturated rings. The van der Waals surface area contributed by atoms with Crippen LogP contribution in [-0.4, -0.2) is 19.6 Å². The number of nitriles is 1. The number of hydrogen-bond donors (Lipinski definition) is 1. The van der Waals surface area contributed by atoms with Crippen LogP contribution in [0.4, 0.5) is 17.3 Å². The summed E-state index contributed by atoms with van der Waals surface area (Å²) in [6.07, 6.45) is 0. The van der Waals surface area contributed by atoms with Crippen molar-refractivity contribution in [2.24, 2.45) is 24.3 Å². The Kier molecular flexibility index (Phi) is 4.63. The van der Waals surface area contributed by atoms with Crippen molar-refractivity contribution in [2.45, 2.75) is 0 Å². The van der Waals surface area contributed by atoms with E-state index in [9.17, 15) is 5.26 Å². The number of nitrogens with two attached hydrogens (primary N) is 1. The summed E-state index contributed by atoms with van der Waals surface area (Å²) in [5, 5.41) is 27.3. The Morgan fingerprint density at radius 1 is 0.828 bits per heavy atom. The van der Waals surface area contributed by atoms with E-state index in [0.29, 0.717) is 34.3 Å². The van der Waals surface area contributed by atoms with E-state index in [1.54, 1.807) is 23.5 Å². The molecule has 4 rings (SSSR count). The molecule has 0 spiro atoms. The molecule has 4 aromatic rings. The van der Waals surface area contributed by atoms with Crippen LogP contribution in [0.2, 0.25) is 0 Å². The number of nitrogen functional groups attached to an aromatic ring is 1. The van der Waals surface area contributed by atoms with Crippen molar-refractivity contribution in [3.05, 3.63) is 66.2 Å². The van der Waals surface area contributed by atoms with E-state index < -0.39 is 0 Å². The number of azo groups is 1. The molecule has 29 heavy (non-hydrogen) atoms. The molecule has 0 unspecified atom stereocenters. The fourth-order valence-corrected chi connectivity index (χ4v) is 3.04. The molecule has 142 valence electrons. The molecule has 0 aliphatic carbocycles. The van der Waals surface area contributed by atoms with Gasteiger partial charge in [0.25, 0.3) is 0 Å². The summed E-state index contributed by atoms with van der Waals surface area (Å²) < 4.78 is 3.10. The van der Waals surface area contributed by atoms with Crippen molar-refractivity contribution < 1.29 is 0 Å². The maximum Gasteiger partial charge on any atom is 0.191 e. The third-order valence-corrected chi connectivity index (χ3v) is 4.53. The van der Waals surface area contributed by atoms with Gasteiger partial charge in [-0.25, -0.2) is 4.68 Å². The van der Waals surface area contributed by atoms with Gasteiger partial charge < -0.3 is 5.73 Å². The van der Waals surface area contributed by atoms with Gasteiger partial charge in [-0.2, -0.15) is 15.5 Å². The third-order valence-electron chi connectivity index (χ3n) is 4.53. The fourth-order valence-electron chi connectivity index (χ4n) is 3.04. The summed E-state index contributed by atoms with van der Waals surface area (Å²) in [6.45, 7) is 0. The zero-order valence-corrected chi connectivity index (χ0v) is 16.0. The van der Waals surface area contributed by atoms with Gasteiger partial charge in [0.2, 0.25) is 0 Å². The molecular weight excluding hydrogens is 364 g/mol. The molecule has 0 atom stereocenters. The Morgan fingerprint density at radius 3 is 1.97 bits per heavy atom. The summed E-state index contributed by atoms with van der Waals surface area (Å²) in [7, 11) is 3.48. The van der Waals surface area contributed by atoms with Crippen LogP contribution in [0.1, 0.15) is 5.56 Å². The van der Waals surface area contributed by atoms with Crippen LogP contribution < -0.4 is 5.73 Å². The Labute approximate surface area is 167 Å². The standard InChI is InChI=1S/C21H18N8/c1-28-20(23)19(18(27-28)15-11-7-4-8-12-15)24-25-21-16(13-22)17(26-29(21)2)14-9-5-3-6-10-14/h3-12H,23H2,1-2H3. The first-order valence-electron chi connectivity index (χ1n) is 8.92. The maximum atomic E-state index is 9.72. The molecule has 0 saturated heterocycles.